The van der Waals surface area contributed by atoms with E-state index in [9.17, 15) is 4.79 Å². The summed E-state index contributed by atoms with van der Waals surface area (Å²) in [6.45, 7) is 1.35. The molecule has 0 spiro atoms. The average molecular weight is 436 g/mol. The van der Waals surface area contributed by atoms with Crippen molar-refractivity contribution >= 4 is 17.2 Å². The fraction of sp³-hybridized carbons (Fsp3) is 0.273. The number of hydrogen-bond acceptors (Lipinski definition) is 7. The summed E-state index contributed by atoms with van der Waals surface area (Å²) >= 11 is 1.56. The Morgan fingerprint density at radius 1 is 1.19 bits per heavy atom. The first-order valence-corrected chi connectivity index (χ1v) is 10.9. The lowest BCUT2D eigenvalue weighted by molar-refractivity contribution is 0.0707. The molecule has 1 aromatic carbocycles. The van der Waals surface area contributed by atoms with E-state index in [0.717, 1.165) is 45.6 Å². The normalized spacial score (nSPS) is 14.7. The number of piperidine rings is 1. The second-order valence-electron chi connectivity index (χ2n) is 7.39. The van der Waals surface area contributed by atoms with Gasteiger partial charge in [0.2, 0.25) is 0 Å². The number of benzene rings is 1. The van der Waals surface area contributed by atoms with Gasteiger partial charge in [0.05, 0.1) is 19.1 Å². The Morgan fingerprint density at radius 3 is 2.84 bits per heavy atom. The van der Waals surface area contributed by atoms with Gasteiger partial charge in [-0.1, -0.05) is 23.5 Å². The van der Waals surface area contributed by atoms with Crippen molar-refractivity contribution in [3.8, 4) is 27.8 Å². The first-order chi connectivity index (χ1) is 15.2. The van der Waals surface area contributed by atoms with E-state index in [1.165, 1.54) is 0 Å². The molecule has 1 aliphatic heterocycles. The molecule has 1 amide bonds. The van der Waals surface area contributed by atoms with Gasteiger partial charge in [-0.2, -0.15) is 5.10 Å². The zero-order valence-corrected chi connectivity index (χ0v) is 17.8. The number of ether oxygens (including phenoxy) is 1. The summed E-state index contributed by atoms with van der Waals surface area (Å²) in [5, 5.41) is 17.6. The summed E-state index contributed by atoms with van der Waals surface area (Å²) in [6.07, 6.45) is 3.35. The third-order valence-corrected chi connectivity index (χ3v) is 6.58. The van der Waals surface area contributed by atoms with Crippen molar-refractivity contribution in [3.63, 3.8) is 0 Å². The van der Waals surface area contributed by atoms with Crippen LogP contribution in [0, 0.1) is 0 Å². The van der Waals surface area contributed by atoms with Crippen LogP contribution >= 0.6 is 11.3 Å². The molecule has 0 saturated carbocycles. The van der Waals surface area contributed by atoms with Crippen LogP contribution in [0.25, 0.3) is 22.0 Å². The van der Waals surface area contributed by atoms with Gasteiger partial charge in [0, 0.05) is 24.6 Å². The van der Waals surface area contributed by atoms with Crippen LogP contribution in [0.1, 0.15) is 34.3 Å². The van der Waals surface area contributed by atoms with Gasteiger partial charge in [-0.15, -0.1) is 10.2 Å². The van der Waals surface area contributed by atoms with Gasteiger partial charge >= 0.3 is 0 Å². The van der Waals surface area contributed by atoms with E-state index < -0.39 is 0 Å². The van der Waals surface area contributed by atoms with Gasteiger partial charge in [0.25, 0.3) is 5.91 Å². The molecule has 4 aromatic rings. The molecule has 4 heterocycles. The molecular formula is C22H21N5O3S. The molecule has 0 radical (unpaired) electrons. The van der Waals surface area contributed by atoms with E-state index in [4.69, 9.17) is 9.15 Å². The third kappa shape index (κ3) is 3.96. The smallest absolute Gasteiger partial charge is 0.271 e. The lowest BCUT2D eigenvalue weighted by atomic mass is 9.97. The van der Waals surface area contributed by atoms with Crippen molar-refractivity contribution in [1.29, 1.82) is 0 Å². The molecule has 9 heteroatoms. The first-order valence-electron chi connectivity index (χ1n) is 10.1. The predicted molar refractivity (Wildman–Crippen MR) is 116 cm³/mol. The van der Waals surface area contributed by atoms with Crippen LogP contribution in [0.2, 0.25) is 0 Å². The highest BCUT2D eigenvalue weighted by atomic mass is 32.1. The fourth-order valence-corrected chi connectivity index (χ4v) is 4.74. The molecular weight excluding hydrogens is 414 g/mol. The molecule has 0 bridgehead atoms. The molecule has 1 fully saturated rings. The first kappa shape index (κ1) is 19.5. The second kappa shape index (κ2) is 8.35. The number of hydrogen-bond donors (Lipinski definition) is 1. The molecule has 0 unspecified atom stereocenters. The molecule has 5 rings (SSSR count). The van der Waals surface area contributed by atoms with Crippen LogP contribution in [0.3, 0.4) is 0 Å². The van der Waals surface area contributed by atoms with Crippen LogP contribution in [-0.4, -0.2) is 51.4 Å². The van der Waals surface area contributed by atoms with Crippen molar-refractivity contribution in [2.24, 2.45) is 0 Å². The Balaban J connectivity index is 1.23. The second-order valence-corrected chi connectivity index (χ2v) is 8.40. The van der Waals surface area contributed by atoms with Crippen molar-refractivity contribution < 1.29 is 13.9 Å². The number of rotatable bonds is 5. The highest BCUT2D eigenvalue weighted by Gasteiger charge is 2.28. The summed E-state index contributed by atoms with van der Waals surface area (Å²) in [4.78, 5) is 14.8. The number of H-pyrrole nitrogens is 1. The highest BCUT2D eigenvalue weighted by Crippen LogP contribution is 2.34. The predicted octanol–water partition coefficient (Wildman–Crippen LogP) is 4.22. The number of aromatic amines is 1. The summed E-state index contributed by atoms with van der Waals surface area (Å²) in [7, 11) is 1.63. The van der Waals surface area contributed by atoms with Gasteiger partial charge in [-0.3, -0.25) is 9.89 Å². The SMILES string of the molecule is COc1cccc(-c2cc(C(=O)N3CCC(c4nnc(-c5ccco5)s4)CC3)[nH]n2)c1. The van der Waals surface area contributed by atoms with E-state index in [1.54, 1.807) is 30.8 Å². The van der Waals surface area contributed by atoms with Crippen molar-refractivity contribution in [3.05, 3.63) is 59.4 Å². The zero-order chi connectivity index (χ0) is 21.2. The third-order valence-electron chi connectivity index (χ3n) is 5.48. The maximum Gasteiger partial charge on any atom is 0.271 e. The quantitative estimate of drug-likeness (QED) is 0.504. The summed E-state index contributed by atoms with van der Waals surface area (Å²) in [5.41, 5.74) is 2.11. The van der Waals surface area contributed by atoms with E-state index >= 15 is 0 Å². The molecule has 3 aromatic heterocycles. The minimum Gasteiger partial charge on any atom is -0.497 e. The highest BCUT2D eigenvalue weighted by molar-refractivity contribution is 7.14. The van der Waals surface area contributed by atoms with Gasteiger partial charge in [0.1, 0.15) is 16.5 Å². The zero-order valence-electron chi connectivity index (χ0n) is 16.9. The maximum atomic E-state index is 13.0. The number of carbonyl (C=O) groups excluding carboxylic acids is 1. The molecule has 1 aliphatic rings. The Kier molecular flexibility index (Phi) is 5.25. The van der Waals surface area contributed by atoms with Crippen LogP contribution in [0.4, 0.5) is 0 Å². The van der Waals surface area contributed by atoms with Gasteiger partial charge < -0.3 is 14.1 Å². The number of amides is 1. The molecule has 1 N–H and O–H groups in total. The molecule has 0 aliphatic carbocycles. The molecule has 158 valence electrons. The van der Waals surface area contributed by atoms with Crippen molar-refractivity contribution in [2.75, 3.05) is 20.2 Å². The summed E-state index contributed by atoms with van der Waals surface area (Å²) < 4.78 is 10.7. The number of aromatic nitrogens is 4. The average Bonchev–Trinajstić information content (AvgIpc) is 3.60. The summed E-state index contributed by atoms with van der Waals surface area (Å²) in [5.74, 6) is 1.76. The number of nitrogens with zero attached hydrogens (tertiary/aromatic N) is 4. The van der Waals surface area contributed by atoms with E-state index in [2.05, 4.69) is 20.4 Å². The molecule has 1 saturated heterocycles. The number of likely N-dealkylation sites (tertiary alicyclic amines) is 1. The number of nitrogens with one attached hydrogen (secondary N) is 1. The molecule has 8 nitrogen and oxygen atoms in total. The van der Waals surface area contributed by atoms with Gasteiger partial charge in [0.15, 0.2) is 10.8 Å². The Bertz CT molecular complexity index is 1180. The largest absolute Gasteiger partial charge is 0.497 e. The minimum atomic E-state index is -0.0337. The van der Waals surface area contributed by atoms with E-state index in [0.29, 0.717) is 24.7 Å². The lowest BCUT2D eigenvalue weighted by Gasteiger charge is -2.30. The van der Waals surface area contributed by atoms with Crippen LogP contribution in [0.5, 0.6) is 5.75 Å². The Morgan fingerprint density at radius 2 is 2.06 bits per heavy atom. The number of carbonyl (C=O) groups is 1. The van der Waals surface area contributed by atoms with Gasteiger partial charge in [-0.25, -0.2) is 0 Å². The Labute approximate surface area is 182 Å². The molecule has 31 heavy (non-hydrogen) atoms. The topological polar surface area (TPSA) is 97.1 Å². The number of methoxy groups -OCH3 is 1. The van der Waals surface area contributed by atoms with Gasteiger partial charge in [-0.05, 0) is 43.2 Å². The lowest BCUT2D eigenvalue weighted by Crippen LogP contribution is -2.38. The molecule has 0 atom stereocenters. The van der Waals surface area contributed by atoms with Crippen molar-refractivity contribution in [1.82, 2.24) is 25.3 Å². The van der Waals surface area contributed by atoms with Crippen molar-refractivity contribution in [2.45, 2.75) is 18.8 Å². The summed E-state index contributed by atoms with van der Waals surface area (Å²) in [6, 6.07) is 13.1. The monoisotopic (exact) mass is 435 g/mol. The number of furan rings is 1. The van der Waals surface area contributed by atoms with E-state index in [1.807, 2.05) is 41.3 Å². The van der Waals surface area contributed by atoms with Crippen LogP contribution in [-0.2, 0) is 0 Å². The Hall–Kier alpha value is -3.46. The maximum absolute atomic E-state index is 13.0. The fourth-order valence-electron chi connectivity index (χ4n) is 3.76. The van der Waals surface area contributed by atoms with E-state index in [-0.39, 0.29) is 5.91 Å². The van der Waals surface area contributed by atoms with Crippen LogP contribution in [0.15, 0.2) is 53.1 Å². The van der Waals surface area contributed by atoms with Crippen LogP contribution < -0.4 is 4.74 Å². The standard InChI is InChI=1S/C22H21N5O3S/c1-29-16-5-2-4-15(12-16)17-13-18(24-23-17)22(28)27-9-7-14(8-10-27)20-25-26-21(31-20)19-6-3-11-30-19/h2-6,11-14H,7-10H2,1H3,(H,23,24). The minimum absolute atomic E-state index is 0.0337.